The van der Waals surface area contributed by atoms with E-state index in [9.17, 15) is 14.4 Å². The predicted octanol–water partition coefficient (Wildman–Crippen LogP) is 6.30. The van der Waals surface area contributed by atoms with Crippen molar-refractivity contribution >= 4 is 51.6 Å². The average molecular weight is 777 g/mol. The van der Waals surface area contributed by atoms with Gasteiger partial charge in [-0.05, 0) is 48.7 Å². The standard InChI is InChI=1S/C42H39Cl2N7O4/c1-55-41-25(19-45-22-27-9-14-37(52)48-27)8-12-35-33(41)11-13-34(50-35)32-7-3-6-31(40(32)44)30-5-2-4-29(39(30)43)24-16-17-51-36(18-24)47-21-26(42(51)54)20-46-23-28-10-15-38(53)49-28/h2-8,11-13,16-18,21,27-28,45-46H,9-10,14-15,19-20,22-23H2,1H3,(H,48,52)(H,49,53)/t27-,28+/m0/s1. The second kappa shape index (κ2) is 15.8. The summed E-state index contributed by atoms with van der Waals surface area (Å²) in [5, 5.41) is 14.5. The van der Waals surface area contributed by atoms with E-state index in [2.05, 4.69) is 26.3 Å². The van der Waals surface area contributed by atoms with E-state index in [1.54, 1.807) is 19.5 Å². The van der Waals surface area contributed by atoms with Crippen molar-refractivity contribution in [1.29, 1.82) is 0 Å². The molecule has 2 amide bonds. The maximum atomic E-state index is 13.3. The van der Waals surface area contributed by atoms with Gasteiger partial charge in [0.2, 0.25) is 11.8 Å². The number of halogens is 2. The molecule has 3 aromatic heterocycles. The van der Waals surface area contributed by atoms with E-state index in [4.69, 9.17) is 32.9 Å². The molecule has 2 aliphatic heterocycles. The normalized spacial score (nSPS) is 16.9. The Bertz CT molecular complexity index is 2520. The SMILES string of the molecule is COc1c(CNC[C@@H]2CCC(=O)N2)ccc2nc(-c3cccc(-c4cccc(-c5ccn6c(=O)c(CNC[C@H]7CCC(=O)N7)cnc6c5)c4Cl)c3Cl)ccc12. The first kappa shape index (κ1) is 36.6. The van der Waals surface area contributed by atoms with Gasteiger partial charge in [0.25, 0.3) is 5.56 Å². The Morgan fingerprint density at radius 2 is 1.42 bits per heavy atom. The van der Waals surface area contributed by atoms with E-state index in [1.165, 1.54) is 4.40 Å². The summed E-state index contributed by atoms with van der Waals surface area (Å²) in [7, 11) is 1.66. The molecule has 2 aliphatic rings. The van der Waals surface area contributed by atoms with Gasteiger partial charge in [-0.25, -0.2) is 9.97 Å². The lowest BCUT2D eigenvalue weighted by atomic mass is 9.97. The molecule has 0 bridgehead atoms. The monoisotopic (exact) mass is 775 g/mol. The van der Waals surface area contributed by atoms with Crippen molar-refractivity contribution in [1.82, 2.24) is 35.6 Å². The quantitative estimate of drug-likeness (QED) is 0.114. The number of amides is 2. The van der Waals surface area contributed by atoms with Gasteiger partial charge in [0, 0.05) is 102 Å². The Labute approximate surface area is 327 Å². The maximum absolute atomic E-state index is 13.3. The van der Waals surface area contributed by atoms with Gasteiger partial charge in [0.1, 0.15) is 11.4 Å². The lowest BCUT2D eigenvalue weighted by molar-refractivity contribution is -0.120. The van der Waals surface area contributed by atoms with E-state index in [0.29, 0.717) is 66.0 Å². The fraction of sp³-hybridized carbons (Fsp3) is 0.262. The molecule has 0 saturated carbocycles. The Morgan fingerprint density at radius 1 is 0.782 bits per heavy atom. The first-order valence-electron chi connectivity index (χ1n) is 18.3. The van der Waals surface area contributed by atoms with Crippen molar-refractivity contribution in [3.8, 4) is 39.3 Å². The van der Waals surface area contributed by atoms with E-state index in [1.807, 2.05) is 72.8 Å². The molecule has 2 fully saturated rings. The number of fused-ring (bicyclic) bond motifs is 2. The number of ether oxygens (including phenoxy) is 1. The van der Waals surface area contributed by atoms with Gasteiger partial charge in [-0.1, -0.05) is 65.7 Å². The van der Waals surface area contributed by atoms with Crippen molar-refractivity contribution in [2.45, 2.75) is 50.9 Å². The highest BCUT2D eigenvalue weighted by atomic mass is 35.5. The highest BCUT2D eigenvalue weighted by Gasteiger charge is 2.22. The van der Waals surface area contributed by atoms with Crippen molar-refractivity contribution in [3.05, 3.63) is 117 Å². The number of hydrogen-bond acceptors (Lipinski definition) is 8. The minimum Gasteiger partial charge on any atom is -0.496 e. The Hall–Kier alpha value is -5.33. The molecule has 11 nitrogen and oxygen atoms in total. The van der Waals surface area contributed by atoms with Gasteiger partial charge in [-0.15, -0.1) is 0 Å². The molecule has 0 aliphatic carbocycles. The zero-order valence-corrected chi connectivity index (χ0v) is 31.6. The van der Waals surface area contributed by atoms with Gasteiger partial charge >= 0.3 is 0 Å². The number of carbonyl (C=O) groups excluding carboxylic acids is 2. The number of rotatable bonds is 12. The third-order valence-electron chi connectivity index (χ3n) is 10.3. The molecule has 0 spiro atoms. The lowest BCUT2D eigenvalue weighted by Gasteiger charge is -2.16. The molecule has 4 N–H and O–H groups in total. The van der Waals surface area contributed by atoms with Crippen LogP contribution in [0.1, 0.15) is 36.8 Å². The second-order valence-electron chi connectivity index (χ2n) is 14.0. The molecular formula is C42H39Cl2N7O4. The predicted molar refractivity (Wildman–Crippen MR) is 215 cm³/mol. The van der Waals surface area contributed by atoms with Crippen LogP contribution in [0.4, 0.5) is 0 Å². The fourth-order valence-electron chi connectivity index (χ4n) is 7.48. The van der Waals surface area contributed by atoms with Gasteiger partial charge in [-0.3, -0.25) is 18.8 Å². The summed E-state index contributed by atoms with van der Waals surface area (Å²) in [5.74, 6) is 0.915. The molecule has 8 rings (SSSR count). The van der Waals surface area contributed by atoms with Crippen molar-refractivity contribution in [2.24, 2.45) is 0 Å². The van der Waals surface area contributed by atoms with Crippen LogP contribution in [0, 0.1) is 0 Å². The molecule has 0 radical (unpaired) electrons. The number of pyridine rings is 2. The van der Waals surface area contributed by atoms with Crippen LogP contribution in [-0.4, -0.2) is 58.5 Å². The van der Waals surface area contributed by atoms with E-state index >= 15 is 0 Å². The average Bonchev–Trinajstić information content (AvgIpc) is 3.82. The topological polar surface area (TPSA) is 139 Å². The highest BCUT2D eigenvalue weighted by Crippen LogP contribution is 2.42. The minimum absolute atomic E-state index is 0.0610. The molecule has 2 atom stereocenters. The first-order valence-corrected chi connectivity index (χ1v) is 19.1. The molecule has 0 unspecified atom stereocenters. The number of hydrogen-bond donors (Lipinski definition) is 4. The van der Waals surface area contributed by atoms with Crippen LogP contribution < -0.4 is 31.6 Å². The zero-order chi connectivity index (χ0) is 38.1. The number of benzene rings is 3. The van der Waals surface area contributed by atoms with Gasteiger partial charge in [0.05, 0.1) is 28.4 Å². The number of carbonyl (C=O) groups is 2. The Kier molecular flexibility index (Phi) is 10.5. The summed E-state index contributed by atoms with van der Waals surface area (Å²) >= 11 is 14.3. The molecular weight excluding hydrogens is 737 g/mol. The molecule has 13 heteroatoms. The molecule has 55 heavy (non-hydrogen) atoms. The van der Waals surface area contributed by atoms with Crippen LogP contribution in [0.3, 0.4) is 0 Å². The summed E-state index contributed by atoms with van der Waals surface area (Å²) < 4.78 is 7.38. The summed E-state index contributed by atoms with van der Waals surface area (Å²) in [6.45, 7) is 2.23. The first-order chi connectivity index (χ1) is 26.8. The largest absolute Gasteiger partial charge is 0.496 e. The van der Waals surface area contributed by atoms with Crippen LogP contribution in [0.15, 0.2) is 90.0 Å². The molecule has 5 heterocycles. The van der Waals surface area contributed by atoms with E-state index in [-0.39, 0.29) is 29.5 Å². The van der Waals surface area contributed by atoms with Crippen LogP contribution in [0.5, 0.6) is 5.75 Å². The maximum Gasteiger partial charge on any atom is 0.262 e. The number of aromatic nitrogens is 3. The highest BCUT2D eigenvalue weighted by molar-refractivity contribution is 6.39. The van der Waals surface area contributed by atoms with Crippen LogP contribution in [0.25, 0.3) is 50.1 Å². The molecule has 280 valence electrons. The Morgan fingerprint density at radius 3 is 2.07 bits per heavy atom. The Balaban J connectivity index is 1.03. The van der Waals surface area contributed by atoms with Gasteiger partial charge in [0.15, 0.2) is 0 Å². The summed E-state index contributed by atoms with van der Waals surface area (Å²) in [5.41, 5.74) is 7.22. The van der Waals surface area contributed by atoms with Gasteiger partial charge < -0.3 is 26.0 Å². The van der Waals surface area contributed by atoms with Crippen molar-refractivity contribution in [2.75, 3.05) is 20.2 Å². The fourth-order valence-corrected chi connectivity index (χ4v) is 8.14. The molecule has 6 aromatic rings. The lowest BCUT2D eigenvalue weighted by Crippen LogP contribution is -2.36. The second-order valence-corrected chi connectivity index (χ2v) is 14.7. The third-order valence-corrected chi connectivity index (χ3v) is 11.2. The zero-order valence-electron chi connectivity index (χ0n) is 30.1. The van der Waals surface area contributed by atoms with Gasteiger partial charge in [-0.2, -0.15) is 0 Å². The number of nitrogens with zero attached hydrogens (tertiary/aromatic N) is 3. The summed E-state index contributed by atoms with van der Waals surface area (Å²) in [6.07, 6.45) is 6.05. The smallest absolute Gasteiger partial charge is 0.262 e. The van der Waals surface area contributed by atoms with Crippen LogP contribution in [-0.2, 0) is 22.7 Å². The minimum atomic E-state index is -0.159. The number of methoxy groups -OCH3 is 1. The summed E-state index contributed by atoms with van der Waals surface area (Å²) in [6, 6.07) is 23.5. The molecule has 3 aromatic carbocycles. The van der Waals surface area contributed by atoms with Crippen LogP contribution in [0.2, 0.25) is 10.0 Å². The third kappa shape index (κ3) is 7.53. The number of nitrogens with one attached hydrogen (secondary N) is 4. The van der Waals surface area contributed by atoms with E-state index < -0.39 is 0 Å². The van der Waals surface area contributed by atoms with Crippen molar-refractivity contribution in [3.63, 3.8) is 0 Å². The van der Waals surface area contributed by atoms with E-state index in [0.717, 1.165) is 62.9 Å². The van der Waals surface area contributed by atoms with Crippen molar-refractivity contribution < 1.29 is 14.3 Å². The summed E-state index contributed by atoms with van der Waals surface area (Å²) in [4.78, 5) is 45.9. The molecule has 2 saturated heterocycles. The van der Waals surface area contributed by atoms with Crippen LogP contribution >= 0.6 is 23.2 Å².